The first-order valence-electron chi connectivity index (χ1n) is 8.82. The van der Waals surface area contributed by atoms with Crippen molar-refractivity contribution in [1.82, 2.24) is 10.2 Å². The average Bonchev–Trinajstić information content (AvgIpc) is 3.11. The van der Waals surface area contributed by atoms with Gasteiger partial charge in [0.1, 0.15) is 11.9 Å². The fourth-order valence-electron chi connectivity index (χ4n) is 2.83. The Labute approximate surface area is 148 Å². The molecule has 1 fully saturated rings. The van der Waals surface area contributed by atoms with E-state index in [2.05, 4.69) is 5.32 Å². The molecule has 1 heterocycles. The average molecular weight is 350 g/mol. The van der Waals surface area contributed by atoms with E-state index >= 15 is 0 Å². The fourth-order valence-corrected chi connectivity index (χ4v) is 2.83. The van der Waals surface area contributed by atoms with Crippen molar-refractivity contribution in [3.05, 3.63) is 35.6 Å². The minimum Gasteiger partial charge on any atom is -0.376 e. The Morgan fingerprint density at radius 1 is 1.28 bits per heavy atom. The Kier molecular flexibility index (Phi) is 6.93. The molecule has 0 saturated carbocycles. The SMILES string of the molecule is CC(C)C(=O)N(Cc1ccc(F)cc1)[C@@H](C)C(=O)NC[C@@H]1CCCO1. The van der Waals surface area contributed by atoms with Crippen molar-refractivity contribution in [1.29, 1.82) is 0 Å². The molecule has 1 aromatic carbocycles. The highest BCUT2D eigenvalue weighted by molar-refractivity contribution is 5.88. The van der Waals surface area contributed by atoms with E-state index in [1.54, 1.807) is 37.8 Å². The van der Waals surface area contributed by atoms with Gasteiger partial charge in [0, 0.05) is 25.6 Å². The van der Waals surface area contributed by atoms with Crippen LogP contribution in [-0.2, 0) is 20.9 Å². The number of hydrogen-bond donors (Lipinski definition) is 1. The van der Waals surface area contributed by atoms with E-state index in [1.807, 2.05) is 0 Å². The number of halogens is 1. The number of hydrogen-bond acceptors (Lipinski definition) is 3. The highest BCUT2D eigenvalue weighted by Crippen LogP contribution is 2.15. The van der Waals surface area contributed by atoms with Crippen LogP contribution in [0.5, 0.6) is 0 Å². The van der Waals surface area contributed by atoms with E-state index in [4.69, 9.17) is 4.74 Å². The molecule has 1 aliphatic rings. The molecule has 0 radical (unpaired) electrons. The molecule has 6 heteroatoms. The standard InChI is InChI=1S/C19H27FN2O3/c1-13(2)19(24)22(12-15-6-8-16(20)9-7-15)14(3)18(23)21-11-17-5-4-10-25-17/h6-9,13-14,17H,4-5,10-12H2,1-3H3,(H,21,23)/t14-,17-/m0/s1. The monoisotopic (exact) mass is 350 g/mol. The predicted octanol–water partition coefficient (Wildman–Crippen LogP) is 2.49. The Hall–Kier alpha value is -1.95. The number of carbonyl (C=O) groups is 2. The van der Waals surface area contributed by atoms with Crippen LogP contribution in [0.3, 0.4) is 0 Å². The zero-order valence-electron chi connectivity index (χ0n) is 15.1. The Bertz CT molecular complexity index is 583. The number of benzene rings is 1. The van der Waals surface area contributed by atoms with Gasteiger partial charge in [0.25, 0.3) is 0 Å². The summed E-state index contributed by atoms with van der Waals surface area (Å²) in [7, 11) is 0. The third-order valence-corrected chi connectivity index (χ3v) is 4.42. The molecule has 1 aromatic rings. The van der Waals surface area contributed by atoms with E-state index in [-0.39, 0.29) is 36.2 Å². The van der Waals surface area contributed by atoms with Gasteiger partial charge in [0.15, 0.2) is 0 Å². The molecule has 138 valence electrons. The first-order chi connectivity index (χ1) is 11.9. The van der Waals surface area contributed by atoms with Crippen LogP contribution in [0.25, 0.3) is 0 Å². The van der Waals surface area contributed by atoms with Crippen molar-refractivity contribution < 1.29 is 18.7 Å². The van der Waals surface area contributed by atoms with Crippen LogP contribution in [0.4, 0.5) is 4.39 Å². The van der Waals surface area contributed by atoms with E-state index in [0.717, 1.165) is 25.0 Å². The van der Waals surface area contributed by atoms with Crippen molar-refractivity contribution >= 4 is 11.8 Å². The third-order valence-electron chi connectivity index (χ3n) is 4.42. The van der Waals surface area contributed by atoms with Crippen molar-refractivity contribution in [2.45, 2.75) is 52.3 Å². The van der Waals surface area contributed by atoms with Crippen LogP contribution < -0.4 is 5.32 Å². The molecule has 0 aliphatic carbocycles. The molecule has 0 aromatic heterocycles. The lowest BCUT2D eigenvalue weighted by Gasteiger charge is -2.30. The van der Waals surface area contributed by atoms with E-state index in [1.165, 1.54) is 12.1 Å². The number of rotatable bonds is 7. The normalized spacial score (nSPS) is 18.2. The maximum absolute atomic E-state index is 13.1. The second-order valence-electron chi connectivity index (χ2n) is 6.80. The van der Waals surface area contributed by atoms with Gasteiger partial charge in [-0.25, -0.2) is 4.39 Å². The highest BCUT2D eigenvalue weighted by Gasteiger charge is 2.28. The first-order valence-corrected chi connectivity index (χ1v) is 8.82. The van der Waals surface area contributed by atoms with Gasteiger partial charge < -0.3 is 15.0 Å². The van der Waals surface area contributed by atoms with Gasteiger partial charge in [-0.1, -0.05) is 26.0 Å². The maximum Gasteiger partial charge on any atom is 0.242 e. The van der Waals surface area contributed by atoms with E-state index in [9.17, 15) is 14.0 Å². The van der Waals surface area contributed by atoms with Gasteiger partial charge in [-0.3, -0.25) is 9.59 Å². The smallest absolute Gasteiger partial charge is 0.242 e. The Balaban J connectivity index is 2.03. The second-order valence-corrected chi connectivity index (χ2v) is 6.80. The largest absolute Gasteiger partial charge is 0.376 e. The summed E-state index contributed by atoms with van der Waals surface area (Å²) in [6.45, 7) is 6.79. The molecule has 2 amide bonds. The minimum absolute atomic E-state index is 0.0579. The van der Waals surface area contributed by atoms with Crippen molar-refractivity contribution in [3.8, 4) is 0 Å². The van der Waals surface area contributed by atoms with Crippen LogP contribution in [0.2, 0.25) is 0 Å². The lowest BCUT2D eigenvalue weighted by molar-refractivity contribution is -0.143. The van der Waals surface area contributed by atoms with Gasteiger partial charge in [-0.15, -0.1) is 0 Å². The summed E-state index contributed by atoms with van der Waals surface area (Å²) < 4.78 is 18.6. The molecule has 0 spiro atoms. The van der Waals surface area contributed by atoms with Gasteiger partial charge in [0.05, 0.1) is 6.10 Å². The lowest BCUT2D eigenvalue weighted by atomic mass is 10.1. The summed E-state index contributed by atoms with van der Waals surface area (Å²) in [5.41, 5.74) is 0.786. The summed E-state index contributed by atoms with van der Waals surface area (Å²) in [4.78, 5) is 26.6. The van der Waals surface area contributed by atoms with E-state index < -0.39 is 6.04 Å². The number of carbonyl (C=O) groups excluding carboxylic acids is 2. The number of amides is 2. The molecular weight excluding hydrogens is 323 g/mol. The highest BCUT2D eigenvalue weighted by atomic mass is 19.1. The fraction of sp³-hybridized carbons (Fsp3) is 0.579. The Morgan fingerprint density at radius 2 is 1.96 bits per heavy atom. The molecule has 0 unspecified atom stereocenters. The zero-order chi connectivity index (χ0) is 18.4. The summed E-state index contributed by atoms with van der Waals surface area (Å²) in [6.07, 6.45) is 2.01. The molecule has 5 nitrogen and oxygen atoms in total. The van der Waals surface area contributed by atoms with Gasteiger partial charge in [0.2, 0.25) is 11.8 Å². The van der Waals surface area contributed by atoms with Gasteiger partial charge in [-0.2, -0.15) is 0 Å². The third kappa shape index (κ3) is 5.53. The number of nitrogens with one attached hydrogen (secondary N) is 1. The van der Waals surface area contributed by atoms with Crippen LogP contribution >= 0.6 is 0 Å². The lowest BCUT2D eigenvalue weighted by Crippen LogP contribution is -2.50. The van der Waals surface area contributed by atoms with E-state index in [0.29, 0.717) is 6.54 Å². The number of nitrogens with zero attached hydrogens (tertiary/aromatic N) is 1. The minimum atomic E-state index is -0.610. The zero-order valence-corrected chi connectivity index (χ0v) is 15.1. The molecular formula is C19H27FN2O3. The Morgan fingerprint density at radius 3 is 2.52 bits per heavy atom. The molecule has 2 rings (SSSR count). The van der Waals surface area contributed by atoms with Crippen LogP contribution in [0.1, 0.15) is 39.2 Å². The number of ether oxygens (including phenoxy) is 1. The summed E-state index contributed by atoms with van der Waals surface area (Å²) >= 11 is 0. The van der Waals surface area contributed by atoms with Gasteiger partial charge >= 0.3 is 0 Å². The molecule has 25 heavy (non-hydrogen) atoms. The van der Waals surface area contributed by atoms with Crippen molar-refractivity contribution in [2.75, 3.05) is 13.2 Å². The maximum atomic E-state index is 13.1. The summed E-state index contributed by atoms with van der Waals surface area (Å²) in [5, 5.41) is 2.88. The first kappa shape index (κ1) is 19.4. The van der Waals surface area contributed by atoms with Gasteiger partial charge in [-0.05, 0) is 37.5 Å². The van der Waals surface area contributed by atoms with Crippen molar-refractivity contribution in [2.24, 2.45) is 5.92 Å². The quantitative estimate of drug-likeness (QED) is 0.822. The molecule has 2 atom stereocenters. The van der Waals surface area contributed by atoms with Crippen molar-refractivity contribution in [3.63, 3.8) is 0 Å². The summed E-state index contributed by atoms with van der Waals surface area (Å²) in [6, 6.07) is 5.37. The molecule has 0 bridgehead atoms. The molecule has 1 N–H and O–H groups in total. The van der Waals surface area contributed by atoms with Crippen LogP contribution in [0, 0.1) is 11.7 Å². The molecule has 1 saturated heterocycles. The summed E-state index contributed by atoms with van der Waals surface area (Å²) in [5.74, 6) is -0.864. The topological polar surface area (TPSA) is 58.6 Å². The predicted molar refractivity (Wildman–Crippen MR) is 93.2 cm³/mol. The van der Waals surface area contributed by atoms with Crippen LogP contribution in [0.15, 0.2) is 24.3 Å². The molecule has 1 aliphatic heterocycles. The second kappa shape index (κ2) is 8.94. The van der Waals surface area contributed by atoms with Crippen LogP contribution in [-0.4, -0.2) is 42.0 Å².